The fraction of sp³-hybridized carbons (Fsp3) is 0.353. The number of carbonyl (C=O) groups is 2. The van der Waals surface area contributed by atoms with Gasteiger partial charge in [-0.05, 0) is 30.7 Å². The molecule has 1 aliphatic heterocycles. The molecule has 1 unspecified atom stereocenters. The maximum Gasteiger partial charge on any atom is 0.251 e. The van der Waals surface area contributed by atoms with E-state index in [4.69, 9.17) is 0 Å². The molecule has 0 bridgehead atoms. The highest BCUT2D eigenvalue weighted by Gasteiger charge is 2.34. The Morgan fingerprint density at radius 1 is 1.29 bits per heavy atom. The molecule has 0 spiro atoms. The topological polar surface area (TPSA) is 70.5 Å². The summed E-state index contributed by atoms with van der Waals surface area (Å²) >= 11 is 0. The summed E-state index contributed by atoms with van der Waals surface area (Å²) in [5, 5.41) is 6.91. The third-order valence-electron chi connectivity index (χ3n) is 4.16. The van der Waals surface area contributed by atoms with Crippen LogP contribution in [0.2, 0.25) is 0 Å². The molecule has 2 aromatic rings. The second kappa shape index (κ2) is 6.35. The van der Waals surface area contributed by atoms with Gasteiger partial charge in [0, 0.05) is 45.1 Å². The number of anilines is 2. The largest absolute Gasteiger partial charge is 0.378 e. The minimum absolute atomic E-state index is 0.0961. The third kappa shape index (κ3) is 3.10. The van der Waals surface area contributed by atoms with Gasteiger partial charge in [0.25, 0.3) is 5.91 Å². The van der Waals surface area contributed by atoms with Crippen LogP contribution >= 0.6 is 0 Å². The van der Waals surface area contributed by atoms with Crippen molar-refractivity contribution in [3.8, 4) is 0 Å². The summed E-state index contributed by atoms with van der Waals surface area (Å²) in [6, 6.07) is 6.80. The zero-order valence-electron chi connectivity index (χ0n) is 14.1. The zero-order chi connectivity index (χ0) is 17.3. The molecule has 7 nitrogen and oxygen atoms in total. The van der Waals surface area contributed by atoms with Crippen molar-refractivity contribution >= 4 is 23.2 Å². The maximum absolute atomic E-state index is 12.5. The fourth-order valence-electron chi connectivity index (χ4n) is 2.77. The number of carbonyl (C=O) groups excluding carboxylic acids is 2. The lowest BCUT2D eigenvalue weighted by molar-refractivity contribution is -0.118. The van der Waals surface area contributed by atoms with E-state index in [9.17, 15) is 9.59 Å². The van der Waals surface area contributed by atoms with E-state index in [0.29, 0.717) is 18.5 Å². The summed E-state index contributed by atoms with van der Waals surface area (Å²) in [6.45, 7) is 0.578. The summed E-state index contributed by atoms with van der Waals surface area (Å²) in [4.78, 5) is 28.5. The van der Waals surface area contributed by atoms with Gasteiger partial charge in [-0.3, -0.25) is 14.3 Å². The van der Waals surface area contributed by atoms with Crippen LogP contribution in [0, 0.1) is 0 Å². The Bertz CT molecular complexity index is 751. The Labute approximate surface area is 140 Å². The second-order valence-corrected chi connectivity index (χ2v) is 6.12. The number of hydrogen-bond acceptors (Lipinski definition) is 4. The molecular formula is C17H21N5O2. The second-order valence-electron chi connectivity index (χ2n) is 6.12. The van der Waals surface area contributed by atoms with Gasteiger partial charge in [-0.15, -0.1) is 0 Å². The van der Waals surface area contributed by atoms with Gasteiger partial charge in [0.2, 0.25) is 5.91 Å². The molecule has 1 saturated heterocycles. The monoisotopic (exact) mass is 327 g/mol. The van der Waals surface area contributed by atoms with Gasteiger partial charge in [-0.2, -0.15) is 5.10 Å². The first-order chi connectivity index (χ1) is 11.5. The highest BCUT2D eigenvalue weighted by atomic mass is 16.2. The van der Waals surface area contributed by atoms with Crippen molar-refractivity contribution in [1.82, 2.24) is 15.1 Å². The van der Waals surface area contributed by atoms with Crippen LogP contribution in [0.3, 0.4) is 0 Å². The normalized spacial score (nSPS) is 17.2. The minimum atomic E-state index is -0.494. The van der Waals surface area contributed by atoms with Crippen LogP contribution < -0.4 is 15.1 Å². The van der Waals surface area contributed by atoms with Gasteiger partial charge >= 0.3 is 0 Å². The smallest absolute Gasteiger partial charge is 0.251 e. The molecule has 7 heteroatoms. The Balaban J connectivity index is 1.65. The molecule has 1 N–H and O–H groups in total. The van der Waals surface area contributed by atoms with Crippen molar-refractivity contribution in [2.24, 2.45) is 7.05 Å². The van der Waals surface area contributed by atoms with Crippen LogP contribution in [0.1, 0.15) is 16.8 Å². The predicted octanol–water partition coefficient (Wildman–Crippen LogP) is 1.02. The number of nitrogens with zero attached hydrogens (tertiary/aromatic N) is 4. The van der Waals surface area contributed by atoms with E-state index in [1.165, 1.54) is 0 Å². The maximum atomic E-state index is 12.5. The number of nitrogens with one attached hydrogen (secondary N) is 1. The Morgan fingerprint density at radius 2 is 2.00 bits per heavy atom. The Hall–Kier alpha value is -2.83. The third-order valence-corrected chi connectivity index (χ3v) is 4.16. The zero-order valence-corrected chi connectivity index (χ0v) is 14.1. The van der Waals surface area contributed by atoms with E-state index in [0.717, 1.165) is 11.4 Å². The van der Waals surface area contributed by atoms with Crippen LogP contribution in [-0.4, -0.2) is 48.3 Å². The van der Waals surface area contributed by atoms with Crippen molar-refractivity contribution in [2.75, 3.05) is 30.4 Å². The van der Waals surface area contributed by atoms with E-state index >= 15 is 0 Å². The van der Waals surface area contributed by atoms with E-state index in [-0.39, 0.29) is 11.8 Å². The molecule has 2 heterocycles. The van der Waals surface area contributed by atoms with Crippen molar-refractivity contribution in [1.29, 1.82) is 0 Å². The molecule has 0 saturated carbocycles. The van der Waals surface area contributed by atoms with Gasteiger partial charge in [-0.1, -0.05) is 0 Å². The lowest BCUT2D eigenvalue weighted by atomic mass is 10.1. The van der Waals surface area contributed by atoms with Crippen LogP contribution in [0.4, 0.5) is 11.4 Å². The van der Waals surface area contributed by atoms with Gasteiger partial charge in [0.1, 0.15) is 6.04 Å². The lowest BCUT2D eigenvalue weighted by Crippen LogP contribution is -2.41. The summed E-state index contributed by atoms with van der Waals surface area (Å²) in [7, 11) is 5.69. The molecule has 126 valence electrons. The first-order valence-corrected chi connectivity index (χ1v) is 7.84. The number of aryl methyl sites for hydroxylation is 1. The van der Waals surface area contributed by atoms with E-state index in [2.05, 4.69) is 10.4 Å². The van der Waals surface area contributed by atoms with E-state index < -0.39 is 6.04 Å². The molecule has 0 aliphatic carbocycles. The van der Waals surface area contributed by atoms with Crippen molar-refractivity contribution in [2.45, 2.75) is 12.5 Å². The molecule has 1 aromatic carbocycles. The standard InChI is InChI=1S/C17H21N5O2/c1-20(2)13-6-4-12(5-7-13)16(23)19-15-8-9-22(17(15)24)14-10-18-21(3)11-14/h4-7,10-11,15H,8-9H2,1-3H3,(H,19,23). The number of amides is 2. The first-order valence-electron chi connectivity index (χ1n) is 7.84. The van der Waals surface area contributed by atoms with Crippen molar-refractivity contribution < 1.29 is 9.59 Å². The molecule has 1 aromatic heterocycles. The van der Waals surface area contributed by atoms with Gasteiger partial charge in [0.05, 0.1) is 11.9 Å². The number of benzene rings is 1. The molecule has 1 aliphatic rings. The van der Waals surface area contributed by atoms with Crippen LogP contribution in [0.15, 0.2) is 36.7 Å². The molecule has 0 radical (unpaired) electrons. The molecule has 3 rings (SSSR count). The highest BCUT2D eigenvalue weighted by molar-refractivity contribution is 6.03. The van der Waals surface area contributed by atoms with Crippen molar-refractivity contribution in [3.63, 3.8) is 0 Å². The molecule has 1 fully saturated rings. The average Bonchev–Trinajstić information content (AvgIpc) is 3.14. The SMILES string of the molecule is CN(C)c1ccc(C(=O)NC2CCN(c3cnn(C)c3)C2=O)cc1. The summed E-state index contributed by atoms with van der Waals surface area (Å²) in [6.07, 6.45) is 4.04. The molecule has 1 atom stereocenters. The first kappa shape index (κ1) is 16.0. The van der Waals surface area contributed by atoms with Crippen molar-refractivity contribution in [3.05, 3.63) is 42.2 Å². The van der Waals surface area contributed by atoms with Gasteiger partial charge in [0.15, 0.2) is 0 Å². The average molecular weight is 327 g/mol. The lowest BCUT2D eigenvalue weighted by Gasteiger charge is -2.16. The predicted molar refractivity (Wildman–Crippen MR) is 92.2 cm³/mol. The van der Waals surface area contributed by atoms with Crippen LogP contribution in [-0.2, 0) is 11.8 Å². The summed E-state index contributed by atoms with van der Waals surface area (Å²) in [5.74, 6) is -0.326. The quantitative estimate of drug-likeness (QED) is 0.910. The number of aromatic nitrogens is 2. The summed E-state index contributed by atoms with van der Waals surface area (Å²) < 4.78 is 1.65. The minimum Gasteiger partial charge on any atom is -0.378 e. The van der Waals surface area contributed by atoms with E-state index in [1.54, 1.807) is 41.2 Å². The Morgan fingerprint density at radius 3 is 2.58 bits per heavy atom. The molecule has 24 heavy (non-hydrogen) atoms. The van der Waals surface area contributed by atoms with Crippen LogP contribution in [0.25, 0.3) is 0 Å². The number of hydrogen-bond donors (Lipinski definition) is 1. The van der Waals surface area contributed by atoms with E-state index in [1.807, 2.05) is 31.1 Å². The fourth-order valence-corrected chi connectivity index (χ4v) is 2.77. The van der Waals surface area contributed by atoms with Gasteiger partial charge < -0.3 is 15.1 Å². The Kier molecular flexibility index (Phi) is 4.24. The van der Waals surface area contributed by atoms with Gasteiger partial charge in [-0.25, -0.2) is 0 Å². The molecule has 2 amide bonds. The molecular weight excluding hydrogens is 306 g/mol. The van der Waals surface area contributed by atoms with Crippen LogP contribution in [0.5, 0.6) is 0 Å². The number of rotatable bonds is 4. The highest BCUT2D eigenvalue weighted by Crippen LogP contribution is 2.21. The summed E-state index contributed by atoms with van der Waals surface area (Å²) in [5.41, 5.74) is 2.33.